The summed E-state index contributed by atoms with van der Waals surface area (Å²) in [4.78, 5) is 27.3. The smallest absolute Gasteiger partial charge is 0.308 e. The molecule has 0 aromatic heterocycles. The predicted octanol–water partition coefficient (Wildman–Crippen LogP) is 0.420. The number of amides is 3. The third-order valence-corrected chi connectivity index (χ3v) is 4.89. The minimum atomic E-state index is -3.21. The van der Waals surface area contributed by atoms with Gasteiger partial charge in [0.15, 0.2) is 0 Å². The summed E-state index contributed by atoms with van der Waals surface area (Å²) >= 11 is 0. The van der Waals surface area contributed by atoms with Crippen LogP contribution in [0, 0.1) is 0 Å². The van der Waals surface area contributed by atoms with Gasteiger partial charge < -0.3 is 4.90 Å². The molecule has 7 heteroatoms. The lowest BCUT2D eigenvalue weighted by atomic mass is 9.95. The molecule has 0 radical (unpaired) electrons. The van der Waals surface area contributed by atoms with Crippen LogP contribution in [0.2, 0.25) is 0 Å². The molecule has 21 heavy (non-hydrogen) atoms. The lowest BCUT2D eigenvalue weighted by Gasteiger charge is -2.28. The van der Waals surface area contributed by atoms with Crippen molar-refractivity contribution in [3.8, 4) is 0 Å². The number of hydrogen-bond donors (Lipinski definition) is 0. The Morgan fingerprint density at radius 3 is 2.52 bits per heavy atom. The number of fused-ring (bicyclic) bond motifs is 2. The maximum absolute atomic E-state index is 12.3. The minimum absolute atomic E-state index is 0.0696. The highest BCUT2D eigenvalue weighted by molar-refractivity contribution is 7.90. The highest BCUT2D eigenvalue weighted by Gasteiger charge is 2.46. The normalized spacial score (nSPS) is 21.5. The van der Waals surface area contributed by atoms with Crippen LogP contribution in [0.25, 0.3) is 0 Å². The van der Waals surface area contributed by atoms with Crippen molar-refractivity contribution in [2.45, 2.75) is 19.0 Å². The summed E-state index contributed by atoms with van der Waals surface area (Å²) in [5.41, 5.74) is 2.12. The molecular formula is C14H16N2O4S. The number of carbonyl (C=O) groups is 2. The second-order valence-electron chi connectivity index (χ2n) is 5.52. The highest BCUT2D eigenvalue weighted by Crippen LogP contribution is 2.29. The molecule has 3 rings (SSSR count). The zero-order valence-electron chi connectivity index (χ0n) is 11.7. The van der Waals surface area contributed by atoms with Gasteiger partial charge in [-0.25, -0.2) is 13.2 Å². The van der Waals surface area contributed by atoms with Crippen LogP contribution in [0.3, 0.4) is 0 Å². The summed E-state index contributed by atoms with van der Waals surface area (Å²) in [6, 6.07) is 6.85. The van der Waals surface area contributed by atoms with Crippen molar-refractivity contribution in [3.05, 3.63) is 35.4 Å². The number of nitrogens with zero attached hydrogens (tertiary/aromatic N) is 2. The summed E-state index contributed by atoms with van der Waals surface area (Å²) in [6.07, 6.45) is 1.59. The van der Waals surface area contributed by atoms with E-state index in [0.717, 1.165) is 22.3 Å². The van der Waals surface area contributed by atoms with Crippen LogP contribution in [-0.4, -0.2) is 54.8 Å². The fourth-order valence-corrected chi connectivity index (χ4v) is 3.35. The molecule has 1 fully saturated rings. The van der Waals surface area contributed by atoms with E-state index >= 15 is 0 Å². The fraction of sp³-hybridized carbons (Fsp3) is 0.429. The number of hydrogen-bond acceptors (Lipinski definition) is 4. The first-order chi connectivity index (χ1) is 9.87. The molecule has 1 aromatic rings. The van der Waals surface area contributed by atoms with Crippen molar-refractivity contribution in [1.82, 2.24) is 9.80 Å². The molecule has 2 aliphatic heterocycles. The number of urea groups is 1. The first kappa shape index (κ1) is 14.1. The molecular weight excluding hydrogens is 292 g/mol. The molecule has 1 saturated heterocycles. The SMILES string of the molecule is CS(=O)(=O)CCN1C(=O)[C@H]2Cc3ccccc3CN2C1=O. The lowest BCUT2D eigenvalue weighted by Crippen LogP contribution is -2.40. The third kappa shape index (κ3) is 2.53. The van der Waals surface area contributed by atoms with Crippen molar-refractivity contribution in [2.24, 2.45) is 0 Å². The van der Waals surface area contributed by atoms with E-state index in [9.17, 15) is 18.0 Å². The van der Waals surface area contributed by atoms with Crippen LogP contribution in [0.5, 0.6) is 0 Å². The van der Waals surface area contributed by atoms with E-state index in [1.54, 1.807) is 0 Å². The molecule has 112 valence electrons. The van der Waals surface area contributed by atoms with Gasteiger partial charge >= 0.3 is 6.03 Å². The van der Waals surface area contributed by atoms with Crippen LogP contribution < -0.4 is 0 Å². The first-order valence-corrected chi connectivity index (χ1v) is 8.79. The average Bonchev–Trinajstić information content (AvgIpc) is 2.66. The molecule has 2 heterocycles. The molecule has 0 N–H and O–H groups in total. The van der Waals surface area contributed by atoms with E-state index in [1.165, 1.54) is 4.90 Å². The van der Waals surface area contributed by atoms with Crippen LogP contribution in [0.15, 0.2) is 24.3 Å². The minimum Gasteiger partial charge on any atom is -0.308 e. The van der Waals surface area contributed by atoms with E-state index in [2.05, 4.69) is 0 Å². The zero-order chi connectivity index (χ0) is 15.2. The molecule has 2 aliphatic rings. The summed E-state index contributed by atoms with van der Waals surface area (Å²) in [7, 11) is -3.21. The van der Waals surface area contributed by atoms with Crippen LogP contribution in [0.4, 0.5) is 4.79 Å². The Balaban J connectivity index is 1.83. The fourth-order valence-electron chi connectivity index (χ4n) is 2.84. The standard InChI is InChI=1S/C14H16N2O4S/c1-21(19,20)7-6-15-13(17)12-8-10-4-2-3-5-11(10)9-16(12)14(15)18/h2-5,12H,6-9H2,1H3/t12-/m1/s1. The maximum Gasteiger partial charge on any atom is 0.327 e. The van der Waals surface area contributed by atoms with Crippen molar-refractivity contribution in [3.63, 3.8) is 0 Å². The number of benzene rings is 1. The van der Waals surface area contributed by atoms with Gasteiger partial charge in [-0.15, -0.1) is 0 Å². The van der Waals surface area contributed by atoms with Gasteiger partial charge in [0, 0.05) is 25.8 Å². The molecule has 0 spiro atoms. The van der Waals surface area contributed by atoms with Gasteiger partial charge in [-0.05, 0) is 11.1 Å². The summed E-state index contributed by atoms with van der Waals surface area (Å²) in [5.74, 6) is -0.490. The number of imide groups is 1. The van der Waals surface area contributed by atoms with E-state index < -0.39 is 15.9 Å². The molecule has 3 amide bonds. The van der Waals surface area contributed by atoms with Crippen molar-refractivity contribution in [1.29, 1.82) is 0 Å². The molecule has 1 atom stereocenters. The second kappa shape index (κ2) is 4.84. The van der Waals surface area contributed by atoms with Crippen molar-refractivity contribution in [2.75, 3.05) is 18.6 Å². The summed E-state index contributed by atoms with van der Waals surface area (Å²) < 4.78 is 22.5. The predicted molar refractivity (Wildman–Crippen MR) is 76.3 cm³/mol. The van der Waals surface area contributed by atoms with Gasteiger partial charge in [0.25, 0.3) is 5.91 Å². The van der Waals surface area contributed by atoms with E-state index in [4.69, 9.17) is 0 Å². The van der Waals surface area contributed by atoms with Gasteiger partial charge in [-0.3, -0.25) is 9.69 Å². The zero-order valence-corrected chi connectivity index (χ0v) is 12.5. The third-order valence-electron chi connectivity index (χ3n) is 3.96. The number of sulfone groups is 1. The molecule has 6 nitrogen and oxygen atoms in total. The monoisotopic (exact) mass is 308 g/mol. The topological polar surface area (TPSA) is 74.8 Å². The molecule has 1 aromatic carbocycles. The Morgan fingerprint density at radius 2 is 1.86 bits per heavy atom. The molecule has 0 saturated carbocycles. The first-order valence-electron chi connectivity index (χ1n) is 6.73. The van der Waals surface area contributed by atoms with Crippen molar-refractivity contribution >= 4 is 21.8 Å². The van der Waals surface area contributed by atoms with Gasteiger partial charge in [0.2, 0.25) is 0 Å². The van der Waals surface area contributed by atoms with E-state index in [1.807, 2.05) is 24.3 Å². The Hall–Kier alpha value is -1.89. The second-order valence-corrected chi connectivity index (χ2v) is 7.78. The van der Waals surface area contributed by atoms with Gasteiger partial charge in [-0.1, -0.05) is 24.3 Å². The van der Waals surface area contributed by atoms with Crippen molar-refractivity contribution < 1.29 is 18.0 Å². The number of carbonyl (C=O) groups excluding carboxylic acids is 2. The Bertz CT molecular complexity index is 670. The van der Waals surface area contributed by atoms with E-state index in [-0.39, 0.29) is 24.2 Å². The quantitative estimate of drug-likeness (QED) is 0.759. The van der Waals surface area contributed by atoms with Crippen LogP contribution >= 0.6 is 0 Å². The summed E-state index contributed by atoms with van der Waals surface area (Å²) in [5, 5.41) is 0. The molecule has 0 unspecified atom stereocenters. The molecule has 0 aliphatic carbocycles. The summed E-state index contributed by atoms with van der Waals surface area (Å²) in [6.45, 7) is 0.334. The van der Waals surface area contributed by atoms with Gasteiger partial charge in [-0.2, -0.15) is 0 Å². The van der Waals surface area contributed by atoms with Gasteiger partial charge in [0.1, 0.15) is 15.9 Å². The van der Waals surface area contributed by atoms with Crippen LogP contribution in [0.1, 0.15) is 11.1 Å². The Kier molecular flexibility index (Phi) is 3.24. The van der Waals surface area contributed by atoms with E-state index in [0.29, 0.717) is 13.0 Å². The molecule has 0 bridgehead atoms. The van der Waals surface area contributed by atoms with Gasteiger partial charge in [0.05, 0.1) is 5.75 Å². The highest BCUT2D eigenvalue weighted by atomic mass is 32.2. The number of rotatable bonds is 3. The Labute approximate surface area is 123 Å². The van der Waals surface area contributed by atoms with Crippen LogP contribution in [-0.2, 0) is 27.6 Å². The lowest BCUT2D eigenvalue weighted by molar-refractivity contribution is -0.128. The Morgan fingerprint density at radius 1 is 1.19 bits per heavy atom. The average molecular weight is 308 g/mol. The largest absolute Gasteiger partial charge is 0.327 e. The maximum atomic E-state index is 12.3.